The first-order valence-corrected chi connectivity index (χ1v) is 42.7. The molecule has 0 aliphatic heterocycles. The van der Waals surface area contributed by atoms with E-state index in [1.54, 1.807) is 33.5 Å². The van der Waals surface area contributed by atoms with E-state index < -0.39 is 47.9 Å². The predicted molar refractivity (Wildman–Crippen MR) is 408 cm³/mol. The van der Waals surface area contributed by atoms with E-state index >= 15 is 0 Å². The molecule has 0 aromatic rings. The molecule has 0 aromatic carbocycles. The van der Waals surface area contributed by atoms with Crippen LogP contribution in [0.25, 0.3) is 0 Å². The smallest absolute Gasteiger partial charge is 0.303 e. The second kappa shape index (κ2) is 67.2. The molecule has 0 amide bonds. The Morgan fingerprint density at radius 3 is 0.821 bits per heavy atom. The number of aliphatic carboxylic acids is 1. The molecule has 36 nitrogen and oxygen atoms in total. The zero-order valence-electron chi connectivity index (χ0n) is 65.8. The minimum Gasteiger partial charge on any atom is -0.493 e. The Labute approximate surface area is 662 Å². The first kappa shape index (κ1) is 101. The topological polar surface area (TPSA) is 407 Å². The Morgan fingerprint density at radius 1 is 0.304 bits per heavy atom. The lowest BCUT2D eigenvalue weighted by Crippen LogP contribution is -2.40. The van der Waals surface area contributed by atoms with Crippen molar-refractivity contribution in [2.24, 2.45) is 11.8 Å². The van der Waals surface area contributed by atoms with E-state index in [0.29, 0.717) is 243 Å². The summed E-state index contributed by atoms with van der Waals surface area (Å²) in [5, 5.41) is 9.25. The number of rotatable bonds is 85. The van der Waals surface area contributed by atoms with Gasteiger partial charge in [0.05, 0.1) is 319 Å². The summed E-state index contributed by atoms with van der Waals surface area (Å²) in [6.07, 6.45) is 10.0. The minimum atomic E-state index is -4.55. The summed E-state index contributed by atoms with van der Waals surface area (Å²) in [7, 11) is -8.65. The van der Waals surface area contributed by atoms with Crippen LogP contribution in [0, 0.1) is 11.8 Å². The lowest BCUT2D eigenvalue weighted by Gasteiger charge is -2.43. The average Bonchev–Trinajstić information content (AvgIpc) is 0.705. The summed E-state index contributed by atoms with van der Waals surface area (Å²) in [5.41, 5.74) is 1.11. The molecule has 0 saturated heterocycles. The fourth-order valence-electron chi connectivity index (χ4n) is 10.6. The summed E-state index contributed by atoms with van der Waals surface area (Å²) in [6.45, 7) is 15.4. The fourth-order valence-corrected chi connectivity index (χ4v) is 14.5. The SMILES string of the molecule is COCCOCCOCCOCCOCCOCCOCCOCCNS(=O)(=O)C1=CC(S(=O)(=O)NCCOCCOCCOCCOCCOCCOCCOCCOC)=C2C=CC3=C(S(=O)(=O)NCCOCCOCCOCCOCCOCCOCCOCCOC)C=C(OCCCCCC(=O)O)C4=CC=C1C2C43. The van der Waals surface area contributed by atoms with Crippen molar-refractivity contribution >= 4 is 36.0 Å². The van der Waals surface area contributed by atoms with Crippen LogP contribution >= 0.6 is 0 Å². The van der Waals surface area contributed by atoms with E-state index in [1.165, 1.54) is 18.2 Å². The zero-order valence-corrected chi connectivity index (χ0v) is 68.3. The third kappa shape index (κ3) is 47.0. The third-order valence-electron chi connectivity index (χ3n) is 16.0. The number of hydrogen-bond donors (Lipinski definition) is 4. The molecule has 39 heteroatoms. The number of methoxy groups -OCH3 is 3. The summed E-state index contributed by atoms with van der Waals surface area (Å²) in [4.78, 5) is 10.4. The molecule has 112 heavy (non-hydrogen) atoms. The normalized spacial score (nSPS) is 15.7. The average molecular weight is 1670 g/mol. The van der Waals surface area contributed by atoms with Gasteiger partial charge in [0.2, 0.25) is 30.1 Å². The number of unbranched alkanes of at least 4 members (excludes halogenated alkanes) is 2. The third-order valence-corrected chi connectivity index (χ3v) is 20.5. The van der Waals surface area contributed by atoms with Gasteiger partial charge in [0.15, 0.2) is 0 Å². The molecule has 0 radical (unpaired) electrons. The van der Waals surface area contributed by atoms with Gasteiger partial charge in [0.25, 0.3) is 0 Å². The van der Waals surface area contributed by atoms with E-state index in [9.17, 15) is 35.2 Å². The van der Waals surface area contributed by atoms with Gasteiger partial charge in [0.1, 0.15) is 5.76 Å². The zero-order chi connectivity index (χ0) is 80.4. The van der Waals surface area contributed by atoms with Gasteiger partial charge < -0.3 is 124 Å². The van der Waals surface area contributed by atoms with E-state index in [-0.39, 0.29) is 149 Å². The molecule has 0 spiro atoms. The van der Waals surface area contributed by atoms with Gasteiger partial charge in [0, 0.05) is 70.9 Å². The number of hydrogen-bond acceptors (Lipinski definition) is 32. The first-order chi connectivity index (χ1) is 54.8. The Balaban J connectivity index is 1.32. The standard InChI is InChI=1S/C73H127N3O33S3/c1-85-19-22-91-31-34-97-43-46-103-55-58-106-52-49-100-40-37-94-28-25-88-16-12-74-110(79,80)68-61-67(109-15-6-4-5-7-71(77)78)63-8-9-65-69(111(81,82)75-13-17-89-26-29-95-38-41-101-50-53-107-59-56-104-47-44-98-35-32-92-23-20-86-2)62-70(66-11-10-64(68)72(63)73(65)66)112(83,84)76-14-18-90-27-30-96-39-42-102-51-54-108-60-57-105-48-45-99-36-33-93-24-21-87-3/h8-11,61-62,72-76H,4-7,12-60H2,1-3H3,(H,77,78). The maximum Gasteiger partial charge on any atom is 0.303 e. The molecule has 4 rings (SSSR count). The van der Waals surface area contributed by atoms with Crippen LogP contribution < -0.4 is 14.2 Å². The maximum atomic E-state index is 14.7. The number of allylic oxidation sites excluding steroid dienone is 10. The van der Waals surface area contributed by atoms with Crippen LogP contribution in [0.15, 0.2) is 79.2 Å². The van der Waals surface area contributed by atoms with Crippen LogP contribution in [0.2, 0.25) is 0 Å². The predicted octanol–water partition coefficient (Wildman–Crippen LogP) is 1.67. The Kier molecular flexibility index (Phi) is 60.3. The number of carbonyl (C=O) groups is 1. The van der Waals surface area contributed by atoms with Crippen molar-refractivity contribution in [3.8, 4) is 0 Å². The van der Waals surface area contributed by atoms with Crippen molar-refractivity contribution in [1.82, 2.24) is 14.2 Å². The van der Waals surface area contributed by atoms with Gasteiger partial charge in [-0.3, -0.25) is 4.79 Å². The van der Waals surface area contributed by atoms with Crippen LogP contribution in [0.1, 0.15) is 25.7 Å². The molecular formula is C73H127N3O33S3. The molecule has 4 N–H and O–H groups in total. The Morgan fingerprint density at radius 2 is 0.545 bits per heavy atom. The number of ether oxygens (including phenoxy) is 25. The Bertz CT molecular complexity index is 3010. The molecule has 0 aromatic heterocycles. The summed E-state index contributed by atoms with van der Waals surface area (Å²) >= 11 is 0. The molecule has 650 valence electrons. The lowest BCUT2D eigenvalue weighted by atomic mass is 9.64. The summed E-state index contributed by atoms with van der Waals surface area (Å²) < 4.78 is 233. The largest absolute Gasteiger partial charge is 0.493 e. The highest BCUT2D eigenvalue weighted by Gasteiger charge is 2.49. The molecule has 0 fully saturated rings. The fraction of sp³-hybridized carbons (Fsp3) is 0.795. The van der Waals surface area contributed by atoms with Crippen molar-refractivity contribution in [3.05, 3.63) is 79.2 Å². The molecule has 4 aliphatic rings. The van der Waals surface area contributed by atoms with Crippen molar-refractivity contribution < 1.29 is 154 Å². The molecule has 0 saturated carbocycles. The lowest BCUT2D eigenvalue weighted by molar-refractivity contribution is -0.137. The number of nitrogens with one attached hydrogen (secondary N) is 3. The van der Waals surface area contributed by atoms with Crippen molar-refractivity contribution in [2.45, 2.75) is 25.7 Å². The number of sulfonamides is 3. The summed E-state index contributed by atoms with van der Waals surface area (Å²) in [6, 6.07) is 0. The first-order valence-electron chi connectivity index (χ1n) is 38.2. The monoisotopic (exact) mass is 1670 g/mol. The van der Waals surface area contributed by atoms with Gasteiger partial charge in [-0.2, -0.15) is 0 Å². The van der Waals surface area contributed by atoms with Crippen molar-refractivity contribution in [1.29, 1.82) is 0 Å². The van der Waals surface area contributed by atoms with Gasteiger partial charge >= 0.3 is 5.97 Å². The maximum absolute atomic E-state index is 14.7. The van der Waals surface area contributed by atoms with E-state index in [1.807, 2.05) is 0 Å². The van der Waals surface area contributed by atoms with Gasteiger partial charge in [-0.15, -0.1) is 0 Å². The molecule has 0 bridgehead atoms. The number of carboxylic acids is 1. The second-order valence-corrected chi connectivity index (χ2v) is 29.5. The highest BCUT2D eigenvalue weighted by atomic mass is 32.2. The van der Waals surface area contributed by atoms with Gasteiger partial charge in [-0.25, -0.2) is 39.4 Å². The van der Waals surface area contributed by atoms with Crippen LogP contribution in [0.5, 0.6) is 0 Å². The van der Waals surface area contributed by atoms with Gasteiger partial charge in [-0.1, -0.05) is 24.3 Å². The van der Waals surface area contributed by atoms with Crippen molar-refractivity contribution in [3.63, 3.8) is 0 Å². The highest BCUT2D eigenvalue weighted by Crippen LogP contribution is 2.55. The minimum absolute atomic E-state index is 0.0323. The van der Waals surface area contributed by atoms with Gasteiger partial charge in [-0.05, 0) is 42.1 Å². The highest BCUT2D eigenvalue weighted by molar-refractivity contribution is 7.95. The van der Waals surface area contributed by atoms with Crippen molar-refractivity contribution in [2.75, 3.05) is 345 Å². The van der Waals surface area contributed by atoms with E-state index in [2.05, 4.69) is 14.2 Å². The van der Waals surface area contributed by atoms with E-state index in [0.717, 1.165) is 6.08 Å². The molecule has 4 aliphatic carbocycles. The van der Waals surface area contributed by atoms with Crippen LogP contribution in [-0.4, -0.2) is 381 Å². The number of carboxylic acid groups (broad SMARTS) is 1. The summed E-state index contributed by atoms with van der Waals surface area (Å²) in [5.74, 6) is -2.84. The van der Waals surface area contributed by atoms with Crippen LogP contribution in [0.3, 0.4) is 0 Å². The molecule has 0 heterocycles. The molecule has 2 unspecified atom stereocenters. The van der Waals surface area contributed by atoms with E-state index in [4.69, 9.17) is 118 Å². The van der Waals surface area contributed by atoms with Crippen LogP contribution in [0.4, 0.5) is 0 Å². The van der Waals surface area contributed by atoms with Crippen LogP contribution in [-0.2, 0) is 153 Å². The molecular weight excluding hydrogens is 1540 g/mol. The Hall–Kier alpha value is -3.78. The quantitative estimate of drug-likeness (QED) is 0.0629. The second-order valence-electron chi connectivity index (χ2n) is 24.3. The molecule has 2 atom stereocenters.